The molecule has 2 amide bonds. The average molecular weight is 532 g/mol. The molecule has 6 nitrogen and oxygen atoms in total. The van der Waals surface area contributed by atoms with Gasteiger partial charge in [-0.05, 0) is 74.1 Å². The number of phenolic OH excluding ortho intramolecular Hbond substituents is 1. The van der Waals surface area contributed by atoms with Crippen molar-refractivity contribution in [1.29, 1.82) is 0 Å². The molecule has 1 fully saturated rings. The predicted octanol–water partition coefficient (Wildman–Crippen LogP) is 5.13. The Bertz CT molecular complexity index is 1580. The summed E-state index contributed by atoms with van der Waals surface area (Å²) in [7, 11) is 0. The molecule has 1 N–H and O–H groups in total. The first-order chi connectivity index (χ1) is 18.1. The molecule has 0 aromatic heterocycles. The van der Waals surface area contributed by atoms with E-state index < -0.39 is 35.2 Å². The Morgan fingerprint density at radius 2 is 1.76 bits per heavy atom. The molecule has 0 saturated carbocycles. The standard InChI is InChI=1S/C30H23ClFNO5/c1-13-3-5-16(11-21(13)31)33-29(37)18-7-6-17-19(26(18)30(33)38)12-20-27(24(35)9-14(2)28(20)36)25(17)15-4-8-23(34)22(32)10-15/h3-6,8-11,18-19,25-26,34H,7,12H2,1-2H3. The number of nitrogens with zero attached hydrogens (tertiary/aromatic N) is 1. The van der Waals surface area contributed by atoms with Crippen molar-refractivity contribution >= 4 is 40.7 Å². The third-order valence-electron chi connectivity index (χ3n) is 8.28. The van der Waals surface area contributed by atoms with Gasteiger partial charge in [-0.15, -0.1) is 0 Å². The highest BCUT2D eigenvalue weighted by atomic mass is 35.5. The van der Waals surface area contributed by atoms with E-state index in [2.05, 4.69) is 0 Å². The minimum atomic E-state index is -0.850. The summed E-state index contributed by atoms with van der Waals surface area (Å²) in [6, 6.07) is 8.92. The van der Waals surface area contributed by atoms with Crippen molar-refractivity contribution in [3.63, 3.8) is 0 Å². The Kier molecular flexibility index (Phi) is 5.54. The number of aryl methyl sites for hydroxylation is 1. The van der Waals surface area contributed by atoms with Gasteiger partial charge in [0.15, 0.2) is 23.1 Å². The van der Waals surface area contributed by atoms with Crippen LogP contribution in [0.5, 0.6) is 5.75 Å². The van der Waals surface area contributed by atoms with E-state index in [-0.39, 0.29) is 41.8 Å². The number of hydrogen-bond acceptors (Lipinski definition) is 5. The molecule has 2 aromatic carbocycles. The van der Waals surface area contributed by atoms with Crippen LogP contribution >= 0.6 is 11.6 Å². The molecule has 192 valence electrons. The van der Waals surface area contributed by atoms with E-state index in [1.54, 1.807) is 25.1 Å². The zero-order valence-corrected chi connectivity index (χ0v) is 21.4. The van der Waals surface area contributed by atoms with Crippen molar-refractivity contribution in [3.8, 4) is 5.75 Å². The van der Waals surface area contributed by atoms with E-state index in [9.17, 15) is 28.7 Å². The number of anilines is 1. The van der Waals surface area contributed by atoms with Gasteiger partial charge in [0.05, 0.1) is 17.5 Å². The van der Waals surface area contributed by atoms with E-state index in [1.807, 2.05) is 13.0 Å². The van der Waals surface area contributed by atoms with Crippen LogP contribution in [-0.2, 0) is 19.2 Å². The van der Waals surface area contributed by atoms with Gasteiger partial charge in [0, 0.05) is 27.7 Å². The summed E-state index contributed by atoms with van der Waals surface area (Å²) in [4.78, 5) is 55.1. The maximum absolute atomic E-state index is 14.5. The number of imide groups is 1. The lowest BCUT2D eigenvalue weighted by atomic mass is 9.59. The van der Waals surface area contributed by atoms with Crippen molar-refractivity contribution < 1.29 is 28.7 Å². The summed E-state index contributed by atoms with van der Waals surface area (Å²) in [5.41, 5.74) is 3.19. The lowest BCUT2D eigenvalue weighted by Gasteiger charge is -2.42. The van der Waals surface area contributed by atoms with E-state index in [4.69, 9.17) is 11.6 Å². The van der Waals surface area contributed by atoms with Crippen LogP contribution in [0.2, 0.25) is 5.02 Å². The first kappa shape index (κ1) is 24.5. The van der Waals surface area contributed by atoms with Crippen LogP contribution in [-0.4, -0.2) is 28.5 Å². The second-order valence-corrected chi connectivity index (χ2v) is 10.8. The number of carbonyl (C=O) groups excluding carboxylic acids is 4. The third kappa shape index (κ3) is 3.45. The topological polar surface area (TPSA) is 91.8 Å². The minimum absolute atomic E-state index is 0.136. The fourth-order valence-electron chi connectivity index (χ4n) is 6.44. The van der Waals surface area contributed by atoms with Gasteiger partial charge in [0.1, 0.15) is 0 Å². The molecule has 1 heterocycles. The number of rotatable bonds is 2. The van der Waals surface area contributed by atoms with Crippen molar-refractivity contribution in [2.24, 2.45) is 17.8 Å². The van der Waals surface area contributed by atoms with Gasteiger partial charge in [-0.3, -0.25) is 19.2 Å². The van der Waals surface area contributed by atoms with Crippen LogP contribution in [0.1, 0.15) is 36.8 Å². The van der Waals surface area contributed by atoms with Crippen LogP contribution in [0, 0.1) is 30.5 Å². The van der Waals surface area contributed by atoms with Gasteiger partial charge >= 0.3 is 0 Å². The van der Waals surface area contributed by atoms with Gasteiger partial charge in [-0.1, -0.05) is 35.4 Å². The molecule has 4 unspecified atom stereocenters. The Balaban J connectivity index is 1.49. The fourth-order valence-corrected chi connectivity index (χ4v) is 6.61. The second-order valence-electron chi connectivity index (χ2n) is 10.4. The molecule has 0 bridgehead atoms. The highest BCUT2D eigenvalue weighted by molar-refractivity contribution is 6.32. The van der Waals surface area contributed by atoms with Crippen LogP contribution < -0.4 is 4.90 Å². The number of benzene rings is 2. The van der Waals surface area contributed by atoms with Gasteiger partial charge in [0.25, 0.3) is 0 Å². The van der Waals surface area contributed by atoms with Gasteiger partial charge < -0.3 is 5.11 Å². The molecule has 1 saturated heterocycles. The van der Waals surface area contributed by atoms with Gasteiger partial charge in [-0.25, -0.2) is 9.29 Å². The Labute approximate surface area is 223 Å². The van der Waals surface area contributed by atoms with Crippen LogP contribution in [0.3, 0.4) is 0 Å². The summed E-state index contributed by atoms with van der Waals surface area (Å²) < 4.78 is 14.5. The van der Waals surface area contributed by atoms with Crippen molar-refractivity contribution in [1.82, 2.24) is 0 Å². The summed E-state index contributed by atoms with van der Waals surface area (Å²) in [6.07, 6.45) is 3.57. The Morgan fingerprint density at radius 1 is 1.00 bits per heavy atom. The third-order valence-corrected chi connectivity index (χ3v) is 8.69. The van der Waals surface area contributed by atoms with Crippen LogP contribution in [0.4, 0.5) is 10.1 Å². The van der Waals surface area contributed by atoms with Crippen LogP contribution in [0.25, 0.3) is 0 Å². The Morgan fingerprint density at radius 3 is 2.47 bits per heavy atom. The highest BCUT2D eigenvalue weighted by Crippen LogP contribution is 2.55. The van der Waals surface area contributed by atoms with Crippen molar-refractivity contribution in [2.45, 2.75) is 32.6 Å². The smallest absolute Gasteiger partial charge is 0.238 e. The normalized spacial score (nSPS) is 26.7. The molecular weight excluding hydrogens is 509 g/mol. The summed E-state index contributed by atoms with van der Waals surface area (Å²) in [5, 5.41) is 10.2. The maximum atomic E-state index is 14.5. The van der Waals surface area contributed by atoms with Crippen LogP contribution in [0.15, 0.2) is 70.8 Å². The number of halogens is 2. The van der Waals surface area contributed by atoms with Crippen molar-refractivity contribution in [2.75, 3.05) is 4.90 Å². The fraction of sp³-hybridized carbons (Fsp3) is 0.267. The van der Waals surface area contributed by atoms with E-state index in [0.29, 0.717) is 33.0 Å². The lowest BCUT2D eigenvalue weighted by Crippen LogP contribution is -2.39. The van der Waals surface area contributed by atoms with E-state index in [0.717, 1.165) is 11.6 Å². The number of ketones is 2. The number of fused-ring (bicyclic) bond motifs is 3. The predicted molar refractivity (Wildman–Crippen MR) is 138 cm³/mol. The quantitative estimate of drug-likeness (QED) is 0.330. The number of allylic oxidation sites excluding steroid dienone is 6. The maximum Gasteiger partial charge on any atom is 0.238 e. The Hall–Kier alpha value is -3.84. The number of hydrogen-bond donors (Lipinski definition) is 1. The first-order valence-corrected chi connectivity index (χ1v) is 12.8. The summed E-state index contributed by atoms with van der Waals surface area (Å²) >= 11 is 6.29. The van der Waals surface area contributed by atoms with E-state index in [1.165, 1.54) is 23.1 Å². The van der Waals surface area contributed by atoms with Gasteiger partial charge in [0.2, 0.25) is 11.8 Å². The number of carbonyl (C=O) groups is 4. The minimum Gasteiger partial charge on any atom is -0.505 e. The molecule has 4 aliphatic rings. The molecule has 2 aromatic rings. The zero-order chi connectivity index (χ0) is 27.0. The molecule has 8 heteroatoms. The molecule has 3 aliphatic carbocycles. The monoisotopic (exact) mass is 531 g/mol. The number of phenols is 1. The molecule has 38 heavy (non-hydrogen) atoms. The highest BCUT2D eigenvalue weighted by Gasteiger charge is 2.56. The zero-order valence-electron chi connectivity index (χ0n) is 20.6. The van der Waals surface area contributed by atoms with Crippen molar-refractivity contribution in [3.05, 3.63) is 92.8 Å². The van der Waals surface area contributed by atoms with E-state index >= 15 is 0 Å². The molecule has 4 atom stereocenters. The number of amides is 2. The largest absolute Gasteiger partial charge is 0.505 e. The lowest BCUT2D eigenvalue weighted by molar-refractivity contribution is -0.123. The summed E-state index contributed by atoms with van der Waals surface area (Å²) in [6.45, 7) is 3.40. The second kappa shape index (κ2) is 8.60. The average Bonchev–Trinajstić information content (AvgIpc) is 3.14. The number of aromatic hydroxyl groups is 1. The molecule has 0 spiro atoms. The molecular formula is C30H23ClFNO5. The van der Waals surface area contributed by atoms with Gasteiger partial charge in [-0.2, -0.15) is 0 Å². The molecule has 1 aliphatic heterocycles. The summed E-state index contributed by atoms with van der Waals surface area (Å²) in [5.74, 6) is -5.37. The molecule has 6 rings (SSSR count). The SMILES string of the molecule is CC1=CC(=O)C2=C(CC3C(=CCC4C(=O)N(c5ccc(C)c(Cl)c5)C(=O)C43)C2c2ccc(O)c(F)c2)C1=O. The first-order valence-electron chi connectivity index (χ1n) is 12.4. The number of Topliss-reactive ketones (excluding diaryl/α,β-unsaturated/α-hetero) is 1. The molecule has 0 radical (unpaired) electrons.